The first kappa shape index (κ1) is 19.2. The first-order chi connectivity index (χ1) is 14.6. The molecule has 0 saturated carbocycles. The van der Waals surface area contributed by atoms with Gasteiger partial charge in [-0.25, -0.2) is 4.39 Å². The molecule has 3 aromatic carbocycles. The summed E-state index contributed by atoms with van der Waals surface area (Å²) in [7, 11) is 0. The number of hydrogen-bond acceptors (Lipinski definition) is 3. The van der Waals surface area contributed by atoms with Crippen molar-refractivity contribution < 1.29 is 18.7 Å². The van der Waals surface area contributed by atoms with Gasteiger partial charge >= 0.3 is 0 Å². The average Bonchev–Trinajstić information content (AvgIpc) is 3.17. The predicted molar refractivity (Wildman–Crippen MR) is 111 cm³/mol. The van der Waals surface area contributed by atoms with Crippen molar-refractivity contribution in [1.29, 1.82) is 0 Å². The van der Waals surface area contributed by atoms with Crippen molar-refractivity contribution in [2.45, 2.75) is 6.42 Å². The van der Waals surface area contributed by atoms with E-state index in [9.17, 15) is 14.0 Å². The fourth-order valence-electron chi connectivity index (χ4n) is 3.01. The number of aromatic amines is 1. The predicted octanol–water partition coefficient (Wildman–Crippen LogP) is 4.10. The van der Waals surface area contributed by atoms with E-state index in [4.69, 9.17) is 4.74 Å². The monoisotopic (exact) mass is 403 g/mol. The van der Waals surface area contributed by atoms with Crippen molar-refractivity contribution in [2.24, 2.45) is 0 Å². The molecule has 0 aliphatic carbocycles. The summed E-state index contributed by atoms with van der Waals surface area (Å²) in [6.07, 6.45) is 1.92. The van der Waals surface area contributed by atoms with Crippen LogP contribution in [0.5, 0.6) is 11.5 Å². The fourth-order valence-corrected chi connectivity index (χ4v) is 3.01. The van der Waals surface area contributed by atoms with Crippen molar-refractivity contribution in [2.75, 3.05) is 0 Å². The normalized spacial score (nSPS) is 10.6. The van der Waals surface area contributed by atoms with E-state index in [-0.39, 0.29) is 18.1 Å². The summed E-state index contributed by atoms with van der Waals surface area (Å²) in [6, 6.07) is 19.7. The molecule has 0 fully saturated rings. The molecule has 7 heteroatoms. The second-order valence-electron chi connectivity index (χ2n) is 6.62. The van der Waals surface area contributed by atoms with Crippen molar-refractivity contribution in [1.82, 2.24) is 15.8 Å². The molecule has 150 valence electrons. The third-order valence-electron chi connectivity index (χ3n) is 4.51. The SMILES string of the molecule is O=C(Cc1c[nH]c2ccccc12)NNC(=O)c1ccc(Oc2ccc(F)cc2)cc1. The number of para-hydroxylation sites is 1. The Kier molecular flexibility index (Phi) is 5.43. The molecule has 0 unspecified atom stereocenters. The Labute approximate surface area is 171 Å². The number of H-pyrrole nitrogens is 1. The highest BCUT2D eigenvalue weighted by Crippen LogP contribution is 2.22. The molecular weight excluding hydrogens is 385 g/mol. The number of nitrogens with one attached hydrogen (secondary N) is 3. The molecule has 1 aromatic heterocycles. The minimum Gasteiger partial charge on any atom is -0.457 e. The molecule has 0 aliphatic heterocycles. The molecule has 6 nitrogen and oxygen atoms in total. The Morgan fingerprint density at radius 2 is 1.53 bits per heavy atom. The third-order valence-corrected chi connectivity index (χ3v) is 4.51. The van der Waals surface area contributed by atoms with Gasteiger partial charge in [0.25, 0.3) is 5.91 Å². The zero-order valence-electron chi connectivity index (χ0n) is 15.8. The molecule has 4 aromatic rings. The molecule has 0 aliphatic rings. The highest BCUT2D eigenvalue weighted by atomic mass is 19.1. The van der Waals surface area contributed by atoms with Gasteiger partial charge in [-0.15, -0.1) is 0 Å². The zero-order chi connectivity index (χ0) is 20.9. The summed E-state index contributed by atoms with van der Waals surface area (Å²) < 4.78 is 18.5. The zero-order valence-corrected chi connectivity index (χ0v) is 15.8. The number of hydrazine groups is 1. The molecule has 0 atom stereocenters. The lowest BCUT2D eigenvalue weighted by Gasteiger charge is -2.09. The van der Waals surface area contributed by atoms with Gasteiger partial charge in [0.1, 0.15) is 17.3 Å². The van der Waals surface area contributed by atoms with Crippen LogP contribution in [0.4, 0.5) is 4.39 Å². The van der Waals surface area contributed by atoms with Gasteiger partial charge in [0, 0.05) is 22.7 Å². The quantitative estimate of drug-likeness (QED) is 0.439. The van der Waals surface area contributed by atoms with Gasteiger partial charge in [-0.3, -0.25) is 20.4 Å². The summed E-state index contributed by atoms with van der Waals surface area (Å²) in [6.45, 7) is 0. The minimum absolute atomic E-state index is 0.134. The highest BCUT2D eigenvalue weighted by Gasteiger charge is 2.11. The Morgan fingerprint density at radius 3 is 2.27 bits per heavy atom. The molecule has 0 spiro atoms. The number of aromatic nitrogens is 1. The maximum atomic E-state index is 12.9. The smallest absolute Gasteiger partial charge is 0.269 e. The van der Waals surface area contributed by atoms with Crippen LogP contribution in [-0.4, -0.2) is 16.8 Å². The number of carbonyl (C=O) groups excluding carboxylic acids is 2. The van der Waals surface area contributed by atoms with Gasteiger partial charge in [-0.2, -0.15) is 0 Å². The topological polar surface area (TPSA) is 83.2 Å². The number of benzene rings is 3. The van der Waals surface area contributed by atoms with E-state index in [0.29, 0.717) is 17.1 Å². The van der Waals surface area contributed by atoms with E-state index in [1.807, 2.05) is 24.3 Å². The Balaban J connectivity index is 1.31. The van der Waals surface area contributed by atoms with E-state index in [0.717, 1.165) is 16.5 Å². The summed E-state index contributed by atoms with van der Waals surface area (Å²) in [4.78, 5) is 27.6. The van der Waals surface area contributed by atoms with Crippen LogP contribution in [0.25, 0.3) is 10.9 Å². The third kappa shape index (κ3) is 4.47. The summed E-state index contributed by atoms with van der Waals surface area (Å²) >= 11 is 0. The van der Waals surface area contributed by atoms with E-state index < -0.39 is 5.91 Å². The summed E-state index contributed by atoms with van der Waals surface area (Å²) in [5.41, 5.74) is 6.98. The largest absolute Gasteiger partial charge is 0.457 e. The number of rotatable bonds is 5. The molecule has 0 bridgehead atoms. The van der Waals surface area contributed by atoms with E-state index in [1.165, 1.54) is 24.3 Å². The molecule has 30 heavy (non-hydrogen) atoms. The number of fused-ring (bicyclic) bond motifs is 1. The Morgan fingerprint density at radius 1 is 0.867 bits per heavy atom. The van der Waals surface area contributed by atoms with Crippen molar-refractivity contribution >= 4 is 22.7 Å². The van der Waals surface area contributed by atoms with E-state index in [1.54, 1.807) is 30.5 Å². The lowest BCUT2D eigenvalue weighted by atomic mass is 10.1. The molecule has 0 saturated heterocycles. The molecule has 0 radical (unpaired) electrons. The number of hydrogen-bond donors (Lipinski definition) is 3. The number of ether oxygens (including phenoxy) is 1. The lowest BCUT2D eigenvalue weighted by molar-refractivity contribution is -0.121. The second-order valence-corrected chi connectivity index (χ2v) is 6.62. The van der Waals surface area contributed by atoms with Crippen molar-refractivity contribution in [3.05, 3.63) is 95.9 Å². The molecule has 4 rings (SSSR count). The average molecular weight is 403 g/mol. The molecule has 2 amide bonds. The van der Waals surface area contributed by atoms with Crippen LogP contribution in [0.1, 0.15) is 15.9 Å². The number of amides is 2. The molecular formula is C23H18FN3O3. The van der Waals surface area contributed by atoms with Crippen LogP contribution < -0.4 is 15.6 Å². The first-order valence-corrected chi connectivity index (χ1v) is 9.26. The highest BCUT2D eigenvalue weighted by molar-refractivity contribution is 5.96. The van der Waals surface area contributed by atoms with Gasteiger partial charge < -0.3 is 9.72 Å². The maximum Gasteiger partial charge on any atom is 0.269 e. The Bertz CT molecular complexity index is 1180. The van der Waals surface area contributed by atoms with Crippen molar-refractivity contribution in [3.8, 4) is 11.5 Å². The van der Waals surface area contributed by atoms with Crippen molar-refractivity contribution in [3.63, 3.8) is 0 Å². The molecule has 1 heterocycles. The van der Waals surface area contributed by atoms with E-state index in [2.05, 4.69) is 15.8 Å². The van der Waals surface area contributed by atoms with Gasteiger partial charge in [-0.05, 0) is 60.2 Å². The van der Waals surface area contributed by atoms with Crippen LogP contribution in [0.2, 0.25) is 0 Å². The number of carbonyl (C=O) groups is 2. The van der Waals surface area contributed by atoms with Crippen LogP contribution >= 0.6 is 0 Å². The van der Waals surface area contributed by atoms with Gasteiger partial charge in [0.2, 0.25) is 5.91 Å². The van der Waals surface area contributed by atoms with Crippen LogP contribution in [-0.2, 0) is 11.2 Å². The second kappa shape index (κ2) is 8.48. The van der Waals surface area contributed by atoms with Gasteiger partial charge in [-0.1, -0.05) is 18.2 Å². The van der Waals surface area contributed by atoms with E-state index >= 15 is 0 Å². The van der Waals surface area contributed by atoms with Crippen LogP contribution in [0, 0.1) is 5.82 Å². The minimum atomic E-state index is -0.449. The van der Waals surface area contributed by atoms with Gasteiger partial charge in [0.05, 0.1) is 6.42 Å². The molecule has 3 N–H and O–H groups in total. The number of halogens is 1. The lowest BCUT2D eigenvalue weighted by Crippen LogP contribution is -2.42. The summed E-state index contributed by atoms with van der Waals surface area (Å²) in [5, 5.41) is 0.968. The fraction of sp³-hybridized carbons (Fsp3) is 0.0435. The summed E-state index contributed by atoms with van der Waals surface area (Å²) in [5.74, 6) is -0.138. The Hall–Kier alpha value is -4.13. The van der Waals surface area contributed by atoms with Crippen LogP contribution in [0.3, 0.4) is 0 Å². The standard InChI is InChI=1S/C23H18FN3O3/c24-17-7-11-19(12-8-17)30-18-9-5-15(6-10-18)23(29)27-26-22(28)13-16-14-25-21-4-2-1-3-20(16)21/h1-12,14,25H,13H2,(H,26,28)(H,27,29). The maximum absolute atomic E-state index is 12.9. The van der Waals surface area contributed by atoms with Crippen LogP contribution in [0.15, 0.2) is 79.0 Å². The first-order valence-electron chi connectivity index (χ1n) is 9.26. The van der Waals surface area contributed by atoms with Gasteiger partial charge in [0.15, 0.2) is 0 Å².